The van der Waals surface area contributed by atoms with Crippen molar-refractivity contribution in [3.63, 3.8) is 0 Å². The fraction of sp³-hybridized carbons (Fsp3) is 0.800. The van der Waals surface area contributed by atoms with Crippen LogP contribution in [0.1, 0.15) is 40.0 Å². The Kier molecular flexibility index (Phi) is 4.07. The van der Waals surface area contributed by atoms with Crippen LogP contribution in [0.3, 0.4) is 0 Å². The molecule has 1 saturated heterocycles. The summed E-state index contributed by atoms with van der Waals surface area (Å²) in [7, 11) is 0. The third kappa shape index (κ3) is 2.33. The Bertz CT molecular complexity index is 388. The lowest BCUT2D eigenvalue weighted by molar-refractivity contribution is -0.154. The monoisotopic (exact) mass is 266 g/mol. The van der Waals surface area contributed by atoms with E-state index in [9.17, 15) is 9.59 Å². The summed E-state index contributed by atoms with van der Waals surface area (Å²) in [4.78, 5) is 32.0. The molecule has 2 bridgehead atoms. The van der Waals surface area contributed by atoms with Gasteiger partial charge in [-0.25, -0.2) is 0 Å². The molecule has 1 heterocycles. The number of hydrogen-bond donors (Lipinski definition) is 0. The molecule has 2 aliphatic carbocycles. The molecule has 3 fully saturated rings. The predicted molar refractivity (Wildman–Crippen MR) is 69.0 cm³/mol. The van der Waals surface area contributed by atoms with Gasteiger partial charge in [-0.15, -0.1) is 0 Å². The number of carbonyl (C=O) groups is 3. The number of hydrogen-bond acceptors (Lipinski definition) is 4. The predicted octanol–water partition coefficient (Wildman–Crippen LogP) is 2.21. The normalized spacial score (nSPS) is 43.7. The first-order valence-electron chi connectivity index (χ1n) is 7.16. The largest absolute Gasteiger partial charge is 0.393 e. The van der Waals surface area contributed by atoms with E-state index < -0.39 is 0 Å². The Balaban J connectivity index is 0.000000408. The van der Waals surface area contributed by atoms with Crippen LogP contribution < -0.4 is 0 Å². The number of fused-ring (bicyclic) bond motifs is 2. The Morgan fingerprint density at radius 3 is 2.11 bits per heavy atom. The zero-order valence-corrected chi connectivity index (χ0v) is 11.8. The highest BCUT2D eigenvalue weighted by Crippen LogP contribution is 2.56. The zero-order valence-electron chi connectivity index (χ0n) is 11.8. The molecule has 0 aromatic rings. The van der Waals surface area contributed by atoms with Crippen molar-refractivity contribution in [2.24, 2.45) is 35.5 Å². The van der Waals surface area contributed by atoms with E-state index in [1.165, 1.54) is 26.2 Å². The van der Waals surface area contributed by atoms with E-state index in [4.69, 9.17) is 9.53 Å². The number of rotatable bonds is 1. The second-order valence-electron chi connectivity index (χ2n) is 6.06. The van der Waals surface area contributed by atoms with Gasteiger partial charge in [-0.2, -0.15) is 0 Å². The first-order valence-corrected chi connectivity index (χ1v) is 7.16. The Labute approximate surface area is 113 Å². The molecule has 3 rings (SSSR count). The van der Waals surface area contributed by atoms with Crippen molar-refractivity contribution in [3.8, 4) is 0 Å². The fourth-order valence-corrected chi connectivity index (χ4v) is 4.35. The van der Waals surface area contributed by atoms with Gasteiger partial charge in [-0.1, -0.05) is 13.8 Å². The van der Waals surface area contributed by atoms with E-state index in [1.54, 1.807) is 0 Å². The summed E-state index contributed by atoms with van der Waals surface area (Å²) in [5, 5.41) is 0. The summed E-state index contributed by atoms with van der Waals surface area (Å²) < 4.78 is 4.78. The molecule has 0 radical (unpaired) electrons. The Morgan fingerprint density at radius 1 is 1.11 bits per heavy atom. The van der Waals surface area contributed by atoms with Crippen molar-refractivity contribution in [3.05, 3.63) is 0 Å². The SMILES string of the molecule is CC1C(=O)OC(=O)C1C1C2CCC(C2)C1C.CC=O. The highest BCUT2D eigenvalue weighted by Gasteiger charge is 2.55. The van der Waals surface area contributed by atoms with Crippen molar-refractivity contribution < 1.29 is 19.1 Å². The van der Waals surface area contributed by atoms with Gasteiger partial charge in [0.1, 0.15) is 6.29 Å². The van der Waals surface area contributed by atoms with Crippen LogP contribution in [-0.4, -0.2) is 18.2 Å². The summed E-state index contributed by atoms with van der Waals surface area (Å²) in [6.45, 7) is 5.54. The van der Waals surface area contributed by atoms with Crippen LogP contribution in [0.15, 0.2) is 0 Å². The van der Waals surface area contributed by atoms with Crippen LogP contribution in [0.4, 0.5) is 0 Å². The molecule has 106 valence electrons. The molecule has 6 unspecified atom stereocenters. The highest BCUT2D eigenvalue weighted by atomic mass is 16.6. The van der Waals surface area contributed by atoms with Crippen molar-refractivity contribution in [2.75, 3.05) is 0 Å². The summed E-state index contributed by atoms with van der Waals surface area (Å²) in [5.74, 6) is 1.47. The minimum Gasteiger partial charge on any atom is -0.393 e. The van der Waals surface area contributed by atoms with Gasteiger partial charge in [0.2, 0.25) is 0 Å². The van der Waals surface area contributed by atoms with Gasteiger partial charge in [0, 0.05) is 0 Å². The van der Waals surface area contributed by atoms with Gasteiger partial charge in [0.25, 0.3) is 0 Å². The summed E-state index contributed by atoms with van der Waals surface area (Å²) >= 11 is 0. The smallest absolute Gasteiger partial charge is 0.317 e. The average Bonchev–Trinajstić information content (AvgIpc) is 2.98. The zero-order chi connectivity index (χ0) is 14.2. The van der Waals surface area contributed by atoms with Gasteiger partial charge < -0.3 is 9.53 Å². The maximum atomic E-state index is 11.8. The average molecular weight is 266 g/mol. The number of ether oxygens (including phenoxy) is 1. The van der Waals surface area contributed by atoms with E-state index in [0.29, 0.717) is 17.8 Å². The molecule has 0 aromatic heterocycles. The van der Waals surface area contributed by atoms with E-state index in [2.05, 4.69) is 6.92 Å². The van der Waals surface area contributed by atoms with Crippen molar-refractivity contribution in [1.82, 2.24) is 0 Å². The molecule has 4 heteroatoms. The van der Waals surface area contributed by atoms with E-state index in [-0.39, 0.29) is 23.8 Å². The van der Waals surface area contributed by atoms with Crippen molar-refractivity contribution in [2.45, 2.75) is 40.0 Å². The third-order valence-corrected chi connectivity index (χ3v) is 5.21. The highest BCUT2D eigenvalue weighted by molar-refractivity contribution is 5.96. The minimum atomic E-state index is -0.315. The minimum absolute atomic E-state index is 0.155. The molecule has 6 atom stereocenters. The van der Waals surface area contributed by atoms with Gasteiger partial charge in [0.05, 0.1) is 11.8 Å². The lowest BCUT2D eigenvalue weighted by Crippen LogP contribution is -2.33. The van der Waals surface area contributed by atoms with Gasteiger partial charge in [0.15, 0.2) is 0 Å². The standard InChI is InChI=1S/C13H18O3.C2H4O/c1-6-8-3-4-9(5-8)10(6)11-7(2)12(14)16-13(11)15;1-2-3/h6-11H,3-5H2,1-2H3;2H,1H3. The summed E-state index contributed by atoms with van der Waals surface area (Å²) in [6, 6.07) is 0. The molecule has 0 N–H and O–H groups in total. The van der Waals surface area contributed by atoms with Gasteiger partial charge in [-0.05, 0) is 49.9 Å². The Hall–Kier alpha value is -1.19. The quantitative estimate of drug-likeness (QED) is 0.415. The van der Waals surface area contributed by atoms with Crippen LogP contribution in [0.25, 0.3) is 0 Å². The molecular formula is C15H22O4. The second kappa shape index (κ2) is 5.43. The fourth-order valence-electron chi connectivity index (χ4n) is 4.35. The second-order valence-corrected chi connectivity index (χ2v) is 6.06. The third-order valence-electron chi connectivity index (χ3n) is 5.21. The lowest BCUT2D eigenvalue weighted by atomic mass is 9.70. The summed E-state index contributed by atoms with van der Waals surface area (Å²) in [6.07, 6.45) is 4.56. The van der Waals surface area contributed by atoms with Crippen LogP contribution in [0, 0.1) is 35.5 Å². The van der Waals surface area contributed by atoms with E-state index in [1.807, 2.05) is 6.92 Å². The molecule has 0 aromatic carbocycles. The first-order chi connectivity index (χ1) is 9.01. The van der Waals surface area contributed by atoms with E-state index >= 15 is 0 Å². The molecule has 0 amide bonds. The topological polar surface area (TPSA) is 60.4 Å². The molecule has 19 heavy (non-hydrogen) atoms. The Morgan fingerprint density at radius 2 is 1.68 bits per heavy atom. The molecule has 3 aliphatic rings. The molecule has 0 spiro atoms. The van der Waals surface area contributed by atoms with Crippen molar-refractivity contribution >= 4 is 18.2 Å². The summed E-state index contributed by atoms with van der Waals surface area (Å²) in [5.41, 5.74) is 0. The molecular weight excluding hydrogens is 244 g/mol. The lowest BCUT2D eigenvalue weighted by Gasteiger charge is -2.32. The van der Waals surface area contributed by atoms with Crippen LogP contribution in [-0.2, 0) is 19.1 Å². The van der Waals surface area contributed by atoms with Crippen LogP contribution >= 0.6 is 0 Å². The first kappa shape index (κ1) is 14.2. The number of esters is 2. The van der Waals surface area contributed by atoms with Gasteiger partial charge in [-0.3, -0.25) is 9.59 Å². The van der Waals surface area contributed by atoms with Crippen molar-refractivity contribution in [1.29, 1.82) is 0 Å². The molecule has 1 aliphatic heterocycles. The number of cyclic esters (lactones) is 2. The number of carbonyl (C=O) groups excluding carboxylic acids is 3. The van der Waals surface area contributed by atoms with Crippen LogP contribution in [0.5, 0.6) is 0 Å². The maximum absolute atomic E-state index is 11.8. The number of aldehydes is 1. The molecule has 4 nitrogen and oxygen atoms in total. The molecule has 2 saturated carbocycles. The van der Waals surface area contributed by atoms with E-state index in [0.717, 1.165) is 12.2 Å². The maximum Gasteiger partial charge on any atom is 0.317 e. The van der Waals surface area contributed by atoms with Gasteiger partial charge >= 0.3 is 11.9 Å². The van der Waals surface area contributed by atoms with Crippen LogP contribution in [0.2, 0.25) is 0 Å².